The first-order valence-corrected chi connectivity index (χ1v) is 8.53. The van der Waals surface area contributed by atoms with Crippen LogP contribution in [0.4, 0.5) is 10.1 Å². The molecule has 3 rings (SSSR count). The van der Waals surface area contributed by atoms with Crippen molar-refractivity contribution in [1.29, 1.82) is 0 Å². The SMILES string of the molecule is C[C@H](Sc1nnc(C2CC2)n1C)C(=O)Nc1ccc(Cl)cc1F. The van der Waals surface area contributed by atoms with E-state index in [1.54, 1.807) is 6.92 Å². The van der Waals surface area contributed by atoms with E-state index < -0.39 is 11.1 Å². The highest BCUT2D eigenvalue weighted by Gasteiger charge is 2.30. The van der Waals surface area contributed by atoms with Crippen molar-refractivity contribution in [2.24, 2.45) is 7.05 Å². The van der Waals surface area contributed by atoms with Crippen molar-refractivity contribution in [3.05, 3.63) is 34.9 Å². The topological polar surface area (TPSA) is 59.8 Å². The largest absolute Gasteiger partial charge is 0.323 e. The summed E-state index contributed by atoms with van der Waals surface area (Å²) in [5, 5.41) is 11.4. The second-order valence-electron chi connectivity index (χ2n) is 5.55. The lowest BCUT2D eigenvalue weighted by Gasteiger charge is -2.12. The van der Waals surface area contributed by atoms with E-state index in [-0.39, 0.29) is 16.6 Å². The Hall–Kier alpha value is -1.60. The van der Waals surface area contributed by atoms with Crippen LogP contribution in [0.1, 0.15) is 31.5 Å². The molecule has 0 aliphatic heterocycles. The molecular formula is C15H16ClFN4OS. The summed E-state index contributed by atoms with van der Waals surface area (Å²) in [6.45, 7) is 1.75. The lowest BCUT2D eigenvalue weighted by Crippen LogP contribution is -2.23. The highest BCUT2D eigenvalue weighted by Crippen LogP contribution is 2.39. The lowest BCUT2D eigenvalue weighted by molar-refractivity contribution is -0.115. The molecule has 1 fully saturated rings. The first kappa shape index (κ1) is 16.3. The molecule has 0 unspecified atom stereocenters. The van der Waals surface area contributed by atoms with Gasteiger partial charge in [-0.25, -0.2) is 4.39 Å². The van der Waals surface area contributed by atoms with Gasteiger partial charge in [-0.2, -0.15) is 0 Å². The van der Waals surface area contributed by atoms with Gasteiger partial charge in [0.05, 0.1) is 10.9 Å². The average molecular weight is 355 g/mol. The summed E-state index contributed by atoms with van der Waals surface area (Å²) < 4.78 is 15.7. The number of carbonyl (C=O) groups is 1. The molecule has 1 aromatic heterocycles. The van der Waals surface area contributed by atoms with Crippen molar-refractivity contribution >= 4 is 35.0 Å². The van der Waals surface area contributed by atoms with Crippen molar-refractivity contribution < 1.29 is 9.18 Å². The van der Waals surface area contributed by atoms with Crippen molar-refractivity contribution in [3.63, 3.8) is 0 Å². The number of halogens is 2. The summed E-state index contributed by atoms with van der Waals surface area (Å²) in [7, 11) is 1.90. The van der Waals surface area contributed by atoms with Crippen molar-refractivity contribution in [3.8, 4) is 0 Å². The van der Waals surface area contributed by atoms with Gasteiger partial charge in [-0.15, -0.1) is 10.2 Å². The van der Waals surface area contributed by atoms with Crippen LogP contribution in [0.15, 0.2) is 23.4 Å². The molecule has 2 aromatic rings. The third-order valence-corrected chi connectivity index (χ3v) is 5.02. The van der Waals surface area contributed by atoms with Crippen molar-refractivity contribution in [2.75, 3.05) is 5.32 Å². The number of nitrogens with one attached hydrogen (secondary N) is 1. The van der Waals surface area contributed by atoms with Gasteiger partial charge in [-0.3, -0.25) is 4.79 Å². The molecule has 1 aliphatic carbocycles. The number of rotatable bonds is 5. The van der Waals surface area contributed by atoms with Crippen LogP contribution in [0.2, 0.25) is 5.02 Å². The Labute approximate surface area is 142 Å². The molecule has 1 N–H and O–H groups in total. The molecule has 8 heteroatoms. The van der Waals surface area contributed by atoms with Crippen LogP contribution >= 0.6 is 23.4 Å². The van der Waals surface area contributed by atoms with Crippen LogP contribution in [-0.2, 0) is 11.8 Å². The minimum atomic E-state index is -0.558. The van der Waals surface area contributed by atoms with Crippen molar-refractivity contribution in [1.82, 2.24) is 14.8 Å². The monoisotopic (exact) mass is 354 g/mol. The zero-order valence-corrected chi connectivity index (χ0v) is 14.3. The summed E-state index contributed by atoms with van der Waals surface area (Å²) in [5.74, 6) is 0.600. The first-order valence-electron chi connectivity index (χ1n) is 7.27. The lowest BCUT2D eigenvalue weighted by atomic mass is 10.3. The molecule has 1 aromatic carbocycles. The van der Waals surface area contributed by atoms with Crippen LogP contribution in [0.3, 0.4) is 0 Å². The Morgan fingerprint density at radius 2 is 2.22 bits per heavy atom. The number of hydrogen-bond acceptors (Lipinski definition) is 4. The minimum Gasteiger partial charge on any atom is -0.323 e. The van der Waals surface area contributed by atoms with Gasteiger partial charge in [0.1, 0.15) is 11.6 Å². The Bertz CT molecular complexity index is 747. The Kier molecular flexibility index (Phi) is 4.59. The Balaban J connectivity index is 1.65. The van der Waals surface area contributed by atoms with E-state index in [0.29, 0.717) is 11.1 Å². The predicted octanol–water partition coefficient (Wildman–Crippen LogP) is 3.60. The molecule has 23 heavy (non-hydrogen) atoms. The van der Waals surface area contributed by atoms with Crippen LogP contribution in [-0.4, -0.2) is 25.9 Å². The first-order chi connectivity index (χ1) is 11.0. The van der Waals surface area contributed by atoms with Crippen LogP contribution < -0.4 is 5.32 Å². The average Bonchev–Trinajstić information content (AvgIpc) is 3.28. The molecule has 1 aliphatic rings. The van der Waals surface area contributed by atoms with E-state index >= 15 is 0 Å². The van der Waals surface area contributed by atoms with Gasteiger partial charge >= 0.3 is 0 Å². The number of aromatic nitrogens is 3. The molecule has 1 heterocycles. The van der Waals surface area contributed by atoms with Gasteiger partial charge in [-0.05, 0) is 38.0 Å². The molecule has 0 radical (unpaired) electrons. The van der Waals surface area contributed by atoms with Crippen molar-refractivity contribution in [2.45, 2.75) is 36.1 Å². The Morgan fingerprint density at radius 3 is 2.87 bits per heavy atom. The Morgan fingerprint density at radius 1 is 1.48 bits per heavy atom. The quantitative estimate of drug-likeness (QED) is 0.833. The molecule has 0 bridgehead atoms. The number of amides is 1. The van der Waals surface area contributed by atoms with E-state index in [0.717, 1.165) is 18.7 Å². The fraction of sp³-hybridized carbons (Fsp3) is 0.400. The highest BCUT2D eigenvalue weighted by atomic mass is 35.5. The molecule has 0 spiro atoms. The van der Waals surface area contributed by atoms with E-state index in [9.17, 15) is 9.18 Å². The fourth-order valence-corrected chi connectivity index (χ4v) is 3.14. The van der Waals surface area contributed by atoms with Crippen LogP contribution in [0, 0.1) is 5.82 Å². The molecule has 122 valence electrons. The zero-order chi connectivity index (χ0) is 16.6. The van der Waals surface area contributed by atoms with Gasteiger partial charge in [-0.1, -0.05) is 23.4 Å². The summed E-state index contributed by atoms with van der Waals surface area (Å²) >= 11 is 7.00. The second kappa shape index (κ2) is 6.49. The minimum absolute atomic E-state index is 0.114. The summed E-state index contributed by atoms with van der Waals surface area (Å²) in [6.07, 6.45) is 2.28. The smallest absolute Gasteiger partial charge is 0.237 e. The third-order valence-electron chi connectivity index (χ3n) is 3.65. The van der Waals surface area contributed by atoms with Gasteiger partial charge in [0.15, 0.2) is 5.16 Å². The van der Waals surface area contributed by atoms with E-state index in [2.05, 4.69) is 15.5 Å². The van der Waals surface area contributed by atoms with E-state index in [1.165, 1.54) is 30.0 Å². The number of hydrogen-bond donors (Lipinski definition) is 1. The second-order valence-corrected chi connectivity index (χ2v) is 7.29. The summed E-state index contributed by atoms with van der Waals surface area (Å²) in [4.78, 5) is 12.2. The third kappa shape index (κ3) is 3.67. The van der Waals surface area contributed by atoms with Crippen LogP contribution in [0.5, 0.6) is 0 Å². The number of nitrogens with zero attached hydrogens (tertiary/aromatic N) is 3. The van der Waals surface area contributed by atoms with Gasteiger partial charge < -0.3 is 9.88 Å². The molecule has 1 atom stereocenters. The zero-order valence-electron chi connectivity index (χ0n) is 12.7. The maximum Gasteiger partial charge on any atom is 0.237 e. The van der Waals surface area contributed by atoms with E-state index in [1.807, 2.05) is 11.6 Å². The summed E-state index contributed by atoms with van der Waals surface area (Å²) in [6, 6.07) is 4.14. The highest BCUT2D eigenvalue weighted by molar-refractivity contribution is 8.00. The predicted molar refractivity (Wildman–Crippen MR) is 88.3 cm³/mol. The fourth-order valence-electron chi connectivity index (χ4n) is 2.16. The van der Waals surface area contributed by atoms with Crippen LogP contribution in [0.25, 0.3) is 0 Å². The number of carbonyl (C=O) groups excluding carboxylic acids is 1. The normalized spacial score (nSPS) is 15.5. The van der Waals surface area contributed by atoms with Gasteiger partial charge in [0.2, 0.25) is 5.91 Å². The van der Waals surface area contributed by atoms with E-state index in [4.69, 9.17) is 11.6 Å². The summed E-state index contributed by atoms with van der Waals surface area (Å²) in [5.41, 5.74) is 0.114. The maximum absolute atomic E-state index is 13.7. The standard InChI is InChI=1S/C15H16ClFN4OS/c1-8(14(22)18-12-6-5-10(16)7-11(12)17)23-15-20-19-13(21(15)2)9-3-4-9/h5-9H,3-4H2,1-2H3,(H,18,22)/t8-/m0/s1. The maximum atomic E-state index is 13.7. The molecule has 1 amide bonds. The number of benzene rings is 1. The molecule has 1 saturated carbocycles. The molecular weight excluding hydrogens is 339 g/mol. The van der Waals surface area contributed by atoms with Gasteiger partial charge in [0.25, 0.3) is 0 Å². The van der Waals surface area contributed by atoms with Gasteiger partial charge in [0, 0.05) is 18.0 Å². The number of anilines is 1. The molecule has 5 nitrogen and oxygen atoms in total. The number of thioether (sulfide) groups is 1. The molecule has 0 saturated heterocycles.